The highest BCUT2D eigenvalue weighted by Crippen LogP contribution is 2.28. The zero-order chi connectivity index (χ0) is 9.97. The van der Waals surface area contributed by atoms with E-state index < -0.39 is 0 Å². The van der Waals surface area contributed by atoms with Crippen molar-refractivity contribution in [1.29, 1.82) is 0 Å². The molecule has 3 heteroatoms. The molecule has 1 aliphatic rings. The number of anilines is 1. The van der Waals surface area contributed by atoms with Crippen LogP contribution in [0.3, 0.4) is 0 Å². The van der Waals surface area contributed by atoms with Gasteiger partial charge in [-0.2, -0.15) is 0 Å². The molecule has 0 saturated carbocycles. The third kappa shape index (κ3) is 1.68. The van der Waals surface area contributed by atoms with Crippen LogP contribution in [0.1, 0.15) is 5.56 Å². The van der Waals surface area contributed by atoms with Gasteiger partial charge < -0.3 is 15.2 Å². The van der Waals surface area contributed by atoms with Crippen molar-refractivity contribution in [3.05, 3.63) is 23.8 Å². The van der Waals surface area contributed by atoms with Gasteiger partial charge in [-0.05, 0) is 30.2 Å². The highest BCUT2D eigenvalue weighted by atomic mass is 16.5. The molecular formula is C11H15NO2. The van der Waals surface area contributed by atoms with Crippen molar-refractivity contribution in [2.75, 3.05) is 25.6 Å². The van der Waals surface area contributed by atoms with E-state index in [0.29, 0.717) is 5.92 Å². The molecule has 0 aliphatic carbocycles. The van der Waals surface area contributed by atoms with Gasteiger partial charge in [0.1, 0.15) is 5.75 Å². The van der Waals surface area contributed by atoms with Gasteiger partial charge in [-0.3, -0.25) is 0 Å². The smallest absolute Gasteiger partial charge is 0.119 e. The van der Waals surface area contributed by atoms with Crippen LogP contribution in [-0.4, -0.2) is 25.4 Å². The summed E-state index contributed by atoms with van der Waals surface area (Å²) in [6, 6.07) is 6.01. The first kappa shape index (κ1) is 9.34. The molecule has 0 amide bonds. The normalized spacial score (nSPS) is 19.7. The maximum Gasteiger partial charge on any atom is 0.119 e. The molecule has 1 atom stereocenters. The fourth-order valence-corrected chi connectivity index (χ4v) is 1.80. The average molecular weight is 193 g/mol. The molecule has 1 aromatic rings. The zero-order valence-electron chi connectivity index (χ0n) is 8.29. The van der Waals surface area contributed by atoms with E-state index in [-0.39, 0.29) is 6.61 Å². The van der Waals surface area contributed by atoms with Crippen molar-refractivity contribution in [2.24, 2.45) is 5.92 Å². The maximum absolute atomic E-state index is 9.07. The van der Waals surface area contributed by atoms with Crippen LogP contribution in [-0.2, 0) is 6.42 Å². The van der Waals surface area contributed by atoms with Crippen molar-refractivity contribution < 1.29 is 9.84 Å². The predicted octanol–water partition coefficient (Wildman–Crippen LogP) is 1.27. The number of aliphatic hydroxyl groups excluding tert-OH is 1. The molecule has 14 heavy (non-hydrogen) atoms. The van der Waals surface area contributed by atoms with Crippen LogP contribution >= 0.6 is 0 Å². The Labute approximate surface area is 83.7 Å². The van der Waals surface area contributed by atoms with E-state index in [1.165, 1.54) is 5.56 Å². The van der Waals surface area contributed by atoms with E-state index in [1.54, 1.807) is 7.11 Å². The van der Waals surface area contributed by atoms with E-state index in [2.05, 4.69) is 5.32 Å². The number of hydrogen-bond donors (Lipinski definition) is 2. The Morgan fingerprint density at radius 3 is 3.14 bits per heavy atom. The molecular weight excluding hydrogens is 178 g/mol. The number of ether oxygens (including phenoxy) is 1. The molecule has 1 aliphatic heterocycles. The Morgan fingerprint density at radius 2 is 2.43 bits per heavy atom. The molecule has 0 fully saturated rings. The summed E-state index contributed by atoms with van der Waals surface area (Å²) in [5.74, 6) is 1.21. The SMILES string of the molecule is COc1ccc2c(c1)CC(CO)CN2. The van der Waals surface area contributed by atoms with Crippen LogP contribution in [0.25, 0.3) is 0 Å². The summed E-state index contributed by atoms with van der Waals surface area (Å²) in [4.78, 5) is 0. The van der Waals surface area contributed by atoms with E-state index in [1.807, 2.05) is 18.2 Å². The lowest BCUT2D eigenvalue weighted by molar-refractivity contribution is 0.230. The van der Waals surface area contributed by atoms with E-state index in [4.69, 9.17) is 9.84 Å². The third-order valence-corrected chi connectivity index (χ3v) is 2.66. The topological polar surface area (TPSA) is 41.5 Å². The maximum atomic E-state index is 9.07. The third-order valence-electron chi connectivity index (χ3n) is 2.66. The Balaban J connectivity index is 2.25. The van der Waals surface area contributed by atoms with Crippen molar-refractivity contribution in [2.45, 2.75) is 6.42 Å². The highest BCUT2D eigenvalue weighted by Gasteiger charge is 2.17. The van der Waals surface area contributed by atoms with Crippen molar-refractivity contribution in [1.82, 2.24) is 0 Å². The second-order valence-corrected chi connectivity index (χ2v) is 3.66. The molecule has 1 aromatic carbocycles. The lowest BCUT2D eigenvalue weighted by atomic mass is 9.94. The molecule has 0 saturated heterocycles. The largest absolute Gasteiger partial charge is 0.497 e. The summed E-state index contributed by atoms with van der Waals surface area (Å²) < 4.78 is 5.16. The Bertz CT molecular complexity index is 325. The molecule has 0 aromatic heterocycles. The fourth-order valence-electron chi connectivity index (χ4n) is 1.80. The fraction of sp³-hybridized carbons (Fsp3) is 0.455. The number of rotatable bonds is 2. The van der Waals surface area contributed by atoms with Gasteiger partial charge in [-0.15, -0.1) is 0 Å². The molecule has 1 heterocycles. The molecule has 0 radical (unpaired) electrons. The molecule has 3 nitrogen and oxygen atoms in total. The second-order valence-electron chi connectivity index (χ2n) is 3.66. The average Bonchev–Trinajstić information content (AvgIpc) is 2.27. The van der Waals surface area contributed by atoms with Gasteiger partial charge in [0.25, 0.3) is 0 Å². The van der Waals surface area contributed by atoms with Gasteiger partial charge in [-0.1, -0.05) is 0 Å². The van der Waals surface area contributed by atoms with Gasteiger partial charge in [0, 0.05) is 24.8 Å². The lowest BCUT2D eigenvalue weighted by Crippen LogP contribution is -2.25. The molecule has 2 rings (SSSR count). The van der Waals surface area contributed by atoms with Gasteiger partial charge in [0.05, 0.1) is 7.11 Å². The minimum Gasteiger partial charge on any atom is -0.497 e. The van der Waals surface area contributed by atoms with E-state index >= 15 is 0 Å². The van der Waals surface area contributed by atoms with Crippen molar-refractivity contribution in [3.8, 4) is 5.75 Å². The summed E-state index contributed by atoms with van der Waals surface area (Å²) in [5.41, 5.74) is 2.39. The first-order valence-corrected chi connectivity index (χ1v) is 4.85. The number of nitrogens with one attached hydrogen (secondary N) is 1. The Morgan fingerprint density at radius 1 is 1.57 bits per heavy atom. The number of hydrogen-bond acceptors (Lipinski definition) is 3. The second kappa shape index (κ2) is 3.88. The highest BCUT2D eigenvalue weighted by molar-refractivity contribution is 5.56. The number of aliphatic hydroxyl groups is 1. The van der Waals surface area contributed by atoms with Crippen molar-refractivity contribution in [3.63, 3.8) is 0 Å². The van der Waals surface area contributed by atoms with Crippen LogP contribution in [0.5, 0.6) is 5.75 Å². The molecule has 1 unspecified atom stereocenters. The standard InChI is InChI=1S/C11H15NO2/c1-14-10-2-3-11-9(5-10)4-8(7-13)6-12-11/h2-3,5,8,12-13H,4,6-7H2,1H3. The molecule has 2 N–H and O–H groups in total. The first-order valence-electron chi connectivity index (χ1n) is 4.85. The van der Waals surface area contributed by atoms with Crippen LogP contribution in [0, 0.1) is 5.92 Å². The lowest BCUT2D eigenvalue weighted by Gasteiger charge is -2.24. The van der Waals surface area contributed by atoms with Gasteiger partial charge in [0.15, 0.2) is 0 Å². The summed E-state index contributed by atoms with van der Waals surface area (Å²) in [7, 11) is 1.67. The van der Waals surface area contributed by atoms with E-state index in [0.717, 1.165) is 24.4 Å². The summed E-state index contributed by atoms with van der Waals surface area (Å²) in [6.07, 6.45) is 0.927. The van der Waals surface area contributed by atoms with Crippen LogP contribution in [0.4, 0.5) is 5.69 Å². The summed E-state index contributed by atoms with van der Waals surface area (Å²) in [5, 5.41) is 12.4. The zero-order valence-corrected chi connectivity index (χ0v) is 8.29. The quantitative estimate of drug-likeness (QED) is 0.743. The molecule has 76 valence electrons. The number of methoxy groups -OCH3 is 1. The number of benzene rings is 1. The van der Waals surface area contributed by atoms with E-state index in [9.17, 15) is 0 Å². The van der Waals surface area contributed by atoms with Crippen LogP contribution < -0.4 is 10.1 Å². The van der Waals surface area contributed by atoms with Crippen molar-refractivity contribution >= 4 is 5.69 Å². The van der Waals surface area contributed by atoms with Crippen LogP contribution in [0.15, 0.2) is 18.2 Å². The van der Waals surface area contributed by atoms with Crippen LogP contribution in [0.2, 0.25) is 0 Å². The van der Waals surface area contributed by atoms with Gasteiger partial charge >= 0.3 is 0 Å². The van der Waals surface area contributed by atoms with Gasteiger partial charge in [0.2, 0.25) is 0 Å². The predicted molar refractivity (Wildman–Crippen MR) is 55.8 cm³/mol. The first-order chi connectivity index (χ1) is 6.83. The monoisotopic (exact) mass is 193 g/mol. The Hall–Kier alpha value is -1.22. The van der Waals surface area contributed by atoms with Gasteiger partial charge in [-0.25, -0.2) is 0 Å². The Kier molecular flexibility index (Phi) is 2.59. The summed E-state index contributed by atoms with van der Waals surface area (Å²) in [6.45, 7) is 1.10. The minimum absolute atomic E-state index is 0.240. The molecule has 0 spiro atoms. The number of fused-ring (bicyclic) bond motifs is 1. The molecule has 0 bridgehead atoms. The minimum atomic E-state index is 0.240. The summed E-state index contributed by atoms with van der Waals surface area (Å²) >= 11 is 0.